The van der Waals surface area contributed by atoms with Crippen LogP contribution in [0.15, 0.2) is 18.5 Å². The summed E-state index contributed by atoms with van der Waals surface area (Å²) in [6.07, 6.45) is 8.39. The van der Waals surface area contributed by atoms with Crippen molar-refractivity contribution < 1.29 is 9.90 Å². The second-order valence-corrected chi connectivity index (χ2v) is 5.16. The molecule has 3 rings (SSSR count). The van der Waals surface area contributed by atoms with Gasteiger partial charge in [0.2, 0.25) is 0 Å². The number of carbonyl (C=O) groups is 1. The zero-order valence-corrected chi connectivity index (χ0v) is 11.1. The van der Waals surface area contributed by atoms with Crippen molar-refractivity contribution in [2.45, 2.75) is 38.3 Å². The molecule has 0 spiro atoms. The summed E-state index contributed by atoms with van der Waals surface area (Å²) in [7, 11) is 0. The van der Waals surface area contributed by atoms with Crippen molar-refractivity contribution >= 4 is 11.7 Å². The predicted octanol–water partition coefficient (Wildman–Crippen LogP) is 1.52. The number of rotatable bonds is 4. The van der Waals surface area contributed by atoms with Crippen molar-refractivity contribution in [3.63, 3.8) is 0 Å². The molecule has 0 bridgehead atoms. The molecule has 106 valence electrons. The van der Waals surface area contributed by atoms with Crippen LogP contribution >= 0.6 is 0 Å². The van der Waals surface area contributed by atoms with Gasteiger partial charge >= 0.3 is 5.97 Å². The van der Waals surface area contributed by atoms with Gasteiger partial charge in [0.25, 0.3) is 0 Å². The molecule has 0 radical (unpaired) electrons. The first-order chi connectivity index (χ1) is 9.63. The number of nitrogens with zero attached hydrogens (tertiary/aromatic N) is 4. The van der Waals surface area contributed by atoms with Gasteiger partial charge in [0.15, 0.2) is 5.69 Å². The Morgan fingerprint density at radius 3 is 2.80 bits per heavy atom. The van der Waals surface area contributed by atoms with E-state index in [-0.39, 0.29) is 11.4 Å². The van der Waals surface area contributed by atoms with Crippen LogP contribution in [0.25, 0.3) is 0 Å². The highest BCUT2D eigenvalue weighted by atomic mass is 16.4. The van der Waals surface area contributed by atoms with E-state index in [0.717, 1.165) is 5.69 Å². The van der Waals surface area contributed by atoms with Crippen LogP contribution in [-0.2, 0) is 6.54 Å². The Bertz CT molecular complexity index is 624. The number of hydrogen-bond acceptors (Lipinski definition) is 4. The first kappa shape index (κ1) is 12.7. The van der Waals surface area contributed by atoms with Gasteiger partial charge in [-0.15, -0.1) is 0 Å². The van der Waals surface area contributed by atoms with Gasteiger partial charge in [-0.25, -0.2) is 4.79 Å². The van der Waals surface area contributed by atoms with E-state index in [2.05, 4.69) is 10.2 Å². The van der Waals surface area contributed by atoms with Gasteiger partial charge < -0.3 is 10.8 Å². The number of aromatic nitrogens is 4. The molecule has 1 saturated carbocycles. The molecule has 2 heterocycles. The molecule has 2 aromatic heterocycles. The zero-order valence-electron chi connectivity index (χ0n) is 11.1. The summed E-state index contributed by atoms with van der Waals surface area (Å²) in [6.45, 7) is 0.428. The van der Waals surface area contributed by atoms with Crippen molar-refractivity contribution in [2.75, 3.05) is 5.73 Å². The first-order valence-electron chi connectivity index (χ1n) is 6.74. The lowest BCUT2D eigenvalue weighted by molar-refractivity contribution is 0.0690. The molecule has 0 amide bonds. The molecule has 0 saturated heterocycles. The summed E-state index contributed by atoms with van der Waals surface area (Å²) >= 11 is 0. The molecular weight excluding hydrogens is 258 g/mol. The van der Waals surface area contributed by atoms with Crippen LogP contribution in [0.5, 0.6) is 0 Å². The SMILES string of the molecule is Nc1cn(Cc2ccn(C3CCCC3)n2)nc1C(=O)O. The maximum absolute atomic E-state index is 10.9. The Labute approximate surface area is 116 Å². The molecular formula is C13H17N5O2. The number of aromatic carboxylic acids is 1. The summed E-state index contributed by atoms with van der Waals surface area (Å²) in [6, 6.07) is 2.44. The van der Waals surface area contributed by atoms with Crippen LogP contribution in [0.2, 0.25) is 0 Å². The van der Waals surface area contributed by atoms with E-state index in [9.17, 15) is 4.79 Å². The third-order valence-electron chi connectivity index (χ3n) is 3.68. The van der Waals surface area contributed by atoms with Gasteiger partial charge in [0.05, 0.1) is 24.0 Å². The molecule has 7 heteroatoms. The number of nitrogen functional groups attached to an aromatic ring is 1. The number of anilines is 1. The van der Waals surface area contributed by atoms with Crippen LogP contribution < -0.4 is 5.73 Å². The molecule has 0 aliphatic heterocycles. The fraction of sp³-hybridized carbons (Fsp3) is 0.462. The second kappa shape index (κ2) is 4.99. The fourth-order valence-corrected chi connectivity index (χ4v) is 2.68. The molecule has 1 aliphatic carbocycles. The summed E-state index contributed by atoms with van der Waals surface area (Å²) in [5, 5.41) is 17.4. The number of carboxylic acid groups (broad SMARTS) is 1. The van der Waals surface area contributed by atoms with E-state index in [1.165, 1.54) is 36.6 Å². The van der Waals surface area contributed by atoms with Crippen molar-refractivity contribution in [1.29, 1.82) is 0 Å². The van der Waals surface area contributed by atoms with Gasteiger partial charge in [-0.1, -0.05) is 12.8 Å². The van der Waals surface area contributed by atoms with Crippen LogP contribution in [-0.4, -0.2) is 30.6 Å². The lowest BCUT2D eigenvalue weighted by Gasteiger charge is -2.08. The highest BCUT2D eigenvalue weighted by Crippen LogP contribution is 2.28. The number of hydrogen-bond donors (Lipinski definition) is 2. The lowest BCUT2D eigenvalue weighted by Crippen LogP contribution is -2.08. The monoisotopic (exact) mass is 275 g/mol. The Hall–Kier alpha value is -2.31. The maximum Gasteiger partial charge on any atom is 0.358 e. The van der Waals surface area contributed by atoms with E-state index in [0.29, 0.717) is 12.6 Å². The minimum Gasteiger partial charge on any atom is -0.476 e. The van der Waals surface area contributed by atoms with Crippen LogP contribution in [0.1, 0.15) is 47.9 Å². The van der Waals surface area contributed by atoms with Gasteiger partial charge in [0.1, 0.15) is 0 Å². The molecule has 20 heavy (non-hydrogen) atoms. The van der Waals surface area contributed by atoms with Crippen LogP contribution in [0, 0.1) is 0 Å². The van der Waals surface area contributed by atoms with Crippen molar-refractivity contribution in [3.8, 4) is 0 Å². The van der Waals surface area contributed by atoms with E-state index in [1.807, 2.05) is 16.9 Å². The minimum absolute atomic E-state index is 0.111. The molecule has 7 nitrogen and oxygen atoms in total. The second-order valence-electron chi connectivity index (χ2n) is 5.16. The van der Waals surface area contributed by atoms with Crippen LogP contribution in [0.4, 0.5) is 5.69 Å². The molecule has 3 N–H and O–H groups in total. The normalized spacial score (nSPS) is 15.8. The Balaban J connectivity index is 1.74. The Morgan fingerprint density at radius 1 is 1.40 bits per heavy atom. The summed E-state index contributed by atoms with van der Waals surface area (Å²) < 4.78 is 3.52. The zero-order chi connectivity index (χ0) is 14.1. The predicted molar refractivity (Wildman–Crippen MR) is 72.4 cm³/mol. The molecule has 1 fully saturated rings. The first-order valence-corrected chi connectivity index (χ1v) is 6.74. The van der Waals surface area contributed by atoms with E-state index in [4.69, 9.17) is 10.8 Å². The van der Waals surface area contributed by atoms with Gasteiger partial charge in [0, 0.05) is 12.4 Å². The number of carboxylic acids is 1. The third kappa shape index (κ3) is 2.38. The largest absolute Gasteiger partial charge is 0.476 e. The van der Waals surface area contributed by atoms with E-state index >= 15 is 0 Å². The Morgan fingerprint density at radius 2 is 2.15 bits per heavy atom. The Kier molecular flexibility index (Phi) is 3.17. The molecule has 2 aromatic rings. The van der Waals surface area contributed by atoms with Crippen molar-refractivity contribution in [3.05, 3.63) is 29.8 Å². The molecule has 0 unspecified atom stereocenters. The van der Waals surface area contributed by atoms with Crippen LogP contribution in [0.3, 0.4) is 0 Å². The topological polar surface area (TPSA) is 99.0 Å². The lowest BCUT2D eigenvalue weighted by atomic mass is 10.3. The van der Waals surface area contributed by atoms with E-state index in [1.54, 1.807) is 0 Å². The fourth-order valence-electron chi connectivity index (χ4n) is 2.68. The van der Waals surface area contributed by atoms with Gasteiger partial charge in [-0.05, 0) is 18.9 Å². The van der Waals surface area contributed by atoms with Crippen molar-refractivity contribution in [1.82, 2.24) is 19.6 Å². The quantitative estimate of drug-likeness (QED) is 0.881. The van der Waals surface area contributed by atoms with E-state index < -0.39 is 5.97 Å². The molecule has 1 aliphatic rings. The van der Waals surface area contributed by atoms with Gasteiger partial charge in [-0.3, -0.25) is 9.36 Å². The number of nitrogens with two attached hydrogens (primary N) is 1. The third-order valence-corrected chi connectivity index (χ3v) is 3.68. The minimum atomic E-state index is -1.11. The smallest absolute Gasteiger partial charge is 0.358 e. The summed E-state index contributed by atoms with van der Waals surface area (Å²) in [4.78, 5) is 10.9. The van der Waals surface area contributed by atoms with Crippen molar-refractivity contribution in [2.24, 2.45) is 0 Å². The van der Waals surface area contributed by atoms with Gasteiger partial charge in [-0.2, -0.15) is 10.2 Å². The molecule has 0 aromatic carbocycles. The standard InChI is InChI=1S/C13H17N5O2/c14-11-8-17(16-12(11)13(19)20)7-9-5-6-18(15-9)10-3-1-2-4-10/h5-6,8,10H,1-4,7,14H2,(H,19,20). The maximum atomic E-state index is 10.9. The summed E-state index contributed by atoms with van der Waals surface area (Å²) in [5.74, 6) is -1.11. The highest BCUT2D eigenvalue weighted by molar-refractivity contribution is 5.91. The summed E-state index contributed by atoms with van der Waals surface area (Å²) in [5.41, 5.74) is 6.53. The molecule has 0 atom stereocenters. The average Bonchev–Trinajstić information content (AvgIpc) is 3.09. The average molecular weight is 275 g/mol. The highest BCUT2D eigenvalue weighted by Gasteiger charge is 2.18.